The van der Waals surface area contributed by atoms with Crippen molar-refractivity contribution < 1.29 is 13.2 Å². The Morgan fingerprint density at radius 3 is 2.48 bits per heavy atom. The maximum absolute atomic E-state index is 12.9. The summed E-state index contributed by atoms with van der Waals surface area (Å²) < 4.78 is 38.7. The van der Waals surface area contributed by atoms with Crippen LogP contribution in [0.2, 0.25) is 0 Å². The molecule has 3 rings (SSSR count). The fraction of sp³-hybridized carbons (Fsp3) is 0.588. The van der Waals surface area contributed by atoms with Crippen molar-refractivity contribution in [3.05, 3.63) is 35.9 Å². The van der Waals surface area contributed by atoms with Crippen LogP contribution in [0.15, 0.2) is 30.3 Å². The molecular weight excluding hydrogens is 321 g/mol. The van der Waals surface area contributed by atoms with Crippen molar-refractivity contribution >= 4 is 17.3 Å². The van der Waals surface area contributed by atoms with E-state index in [9.17, 15) is 13.2 Å². The molecule has 0 aromatic heterocycles. The average molecular weight is 342 g/mol. The van der Waals surface area contributed by atoms with E-state index in [0.29, 0.717) is 5.92 Å². The van der Waals surface area contributed by atoms with Crippen molar-refractivity contribution in [2.24, 2.45) is 11.8 Å². The zero-order valence-electron chi connectivity index (χ0n) is 12.9. The Hall–Kier alpha value is -1.30. The summed E-state index contributed by atoms with van der Waals surface area (Å²) in [4.78, 5) is 1.23. The molecule has 0 spiro atoms. The molecule has 0 amide bonds. The summed E-state index contributed by atoms with van der Waals surface area (Å²) in [5.41, 5.74) is 0.828. The van der Waals surface area contributed by atoms with E-state index in [1.54, 1.807) is 0 Å². The number of halogens is 3. The molecule has 1 aromatic rings. The number of alkyl halides is 3. The smallest absolute Gasteiger partial charge is 0.360 e. The number of hydrogen-bond acceptors (Lipinski definition) is 1. The van der Waals surface area contributed by atoms with Crippen LogP contribution in [0.3, 0.4) is 0 Å². The first kappa shape index (κ1) is 16.6. The minimum absolute atomic E-state index is 0.174. The van der Waals surface area contributed by atoms with Crippen molar-refractivity contribution in [3.63, 3.8) is 0 Å². The molecule has 2 saturated carbocycles. The predicted octanol–water partition coefficient (Wildman–Crippen LogP) is 4.11. The van der Waals surface area contributed by atoms with E-state index in [-0.39, 0.29) is 17.7 Å². The molecule has 6 heteroatoms. The van der Waals surface area contributed by atoms with Gasteiger partial charge in [0.25, 0.3) is 0 Å². The van der Waals surface area contributed by atoms with Crippen LogP contribution in [-0.2, 0) is 6.54 Å². The standard InChI is InChI=1S/C17H21F3N2S/c18-17(19,20)11-22(10-12-4-2-1-3-5-12)16(23)21-15-9-13-6-7-14(15)8-13/h1-5,13-15H,6-11H2,(H,21,23)/t13-,14-,15-/m0/s1. The number of hydrogen-bond donors (Lipinski definition) is 1. The van der Waals surface area contributed by atoms with E-state index in [2.05, 4.69) is 5.32 Å². The molecule has 3 atom stereocenters. The molecule has 0 heterocycles. The molecule has 0 unspecified atom stereocenters. The third kappa shape index (κ3) is 4.37. The molecule has 2 bridgehead atoms. The molecule has 0 radical (unpaired) electrons. The lowest BCUT2D eigenvalue weighted by molar-refractivity contribution is -0.138. The van der Waals surface area contributed by atoms with Crippen LogP contribution >= 0.6 is 12.2 Å². The maximum atomic E-state index is 12.9. The number of rotatable bonds is 4. The second-order valence-corrected chi connectivity index (χ2v) is 7.07. The molecule has 0 saturated heterocycles. The van der Waals surface area contributed by atoms with Gasteiger partial charge in [0.2, 0.25) is 0 Å². The summed E-state index contributed by atoms with van der Waals surface area (Å²) in [5, 5.41) is 3.44. The van der Waals surface area contributed by atoms with Crippen molar-refractivity contribution in [2.75, 3.05) is 6.54 Å². The molecular formula is C17H21F3N2S. The van der Waals surface area contributed by atoms with Crippen LogP contribution in [0.1, 0.15) is 31.2 Å². The topological polar surface area (TPSA) is 15.3 Å². The van der Waals surface area contributed by atoms with E-state index in [1.807, 2.05) is 30.3 Å². The summed E-state index contributed by atoms with van der Waals surface area (Å²) >= 11 is 5.31. The third-order valence-electron chi connectivity index (χ3n) is 4.92. The van der Waals surface area contributed by atoms with E-state index >= 15 is 0 Å². The molecule has 0 aliphatic heterocycles. The highest BCUT2D eigenvalue weighted by Crippen LogP contribution is 2.44. The van der Waals surface area contributed by atoms with Gasteiger partial charge in [-0.25, -0.2) is 0 Å². The largest absolute Gasteiger partial charge is 0.406 e. The molecule has 2 fully saturated rings. The average Bonchev–Trinajstić information content (AvgIpc) is 3.09. The number of benzene rings is 1. The SMILES string of the molecule is FC(F)(F)CN(Cc1ccccc1)C(=S)N[C@H]1C[C@H]2CC[C@H]1C2. The van der Waals surface area contributed by atoms with Crippen molar-refractivity contribution in [1.29, 1.82) is 0 Å². The van der Waals surface area contributed by atoms with Crippen LogP contribution in [-0.4, -0.2) is 28.8 Å². The Balaban J connectivity index is 1.65. The Morgan fingerprint density at radius 2 is 1.91 bits per heavy atom. The first-order chi connectivity index (χ1) is 10.9. The summed E-state index contributed by atoms with van der Waals surface area (Å²) in [6.45, 7) is -0.846. The van der Waals surface area contributed by atoms with E-state index < -0.39 is 12.7 Å². The summed E-state index contributed by atoms with van der Waals surface area (Å²) in [6, 6.07) is 9.39. The zero-order chi connectivity index (χ0) is 16.4. The zero-order valence-corrected chi connectivity index (χ0v) is 13.7. The fourth-order valence-electron chi connectivity index (χ4n) is 3.89. The number of nitrogens with one attached hydrogen (secondary N) is 1. The van der Waals surface area contributed by atoms with Crippen molar-refractivity contribution in [2.45, 2.75) is 44.4 Å². The van der Waals surface area contributed by atoms with Crippen LogP contribution < -0.4 is 5.32 Å². The van der Waals surface area contributed by atoms with Gasteiger partial charge in [-0.05, 0) is 48.9 Å². The van der Waals surface area contributed by atoms with Gasteiger partial charge in [0.05, 0.1) is 0 Å². The lowest BCUT2D eigenvalue weighted by atomic mass is 9.95. The van der Waals surface area contributed by atoms with Crippen LogP contribution in [0, 0.1) is 11.8 Å². The molecule has 2 aliphatic rings. The molecule has 1 N–H and O–H groups in total. The van der Waals surface area contributed by atoms with E-state index in [0.717, 1.165) is 17.9 Å². The number of thiocarbonyl (C=S) groups is 1. The molecule has 23 heavy (non-hydrogen) atoms. The van der Waals surface area contributed by atoms with Crippen LogP contribution in [0.25, 0.3) is 0 Å². The first-order valence-corrected chi connectivity index (χ1v) is 8.47. The van der Waals surface area contributed by atoms with Gasteiger partial charge in [0.15, 0.2) is 5.11 Å². The third-order valence-corrected chi connectivity index (χ3v) is 5.30. The van der Waals surface area contributed by atoms with Crippen molar-refractivity contribution in [1.82, 2.24) is 10.2 Å². The normalized spacial score (nSPS) is 26.3. The fourth-order valence-corrected chi connectivity index (χ4v) is 4.17. The van der Waals surface area contributed by atoms with E-state index in [4.69, 9.17) is 12.2 Å². The lowest BCUT2D eigenvalue weighted by Crippen LogP contribution is -2.48. The van der Waals surface area contributed by atoms with Gasteiger partial charge in [-0.1, -0.05) is 36.8 Å². The van der Waals surface area contributed by atoms with Gasteiger partial charge in [-0.3, -0.25) is 0 Å². The molecule has 126 valence electrons. The van der Waals surface area contributed by atoms with Crippen LogP contribution in [0.5, 0.6) is 0 Å². The van der Waals surface area contributed by atoms with Gasteiger partial charge < -0.3 is 10.2 Å². The summed E-state index contributed by atoms with van der Waals surface area (Å²) in [7, 11) is 0. The first-order valence-electron chi connectivity index (χ1n) is 8.07. The van der Waals surface area contributed by atoms with Crippen LogP contribution in [0.4, 0.5) is 13.2 Å². The van der Waals surface area contributed by atoms with Gasteiger partial charge in [0.1, 0.15) is 6.54 Å². The summed E-state index contributed by atoms with van der Waals surface area (Å²) in [5.74, 6) is 1.30. The molecule has 2 nitrogen and oxygen atoms in total. The summed E-state index contributed by atoms with van der Waals surface area (Å²) in [6.07, 6.45) is 0.387. The number of nitrogens with zero attached hydrogens (tertiary/aromatic N) is 1. The highest BCUT2D eigenvalue weighted by molar-refractivity contribution is 7.80. The second kappa shape index (κ2) is 6.67. The lowest BCUT2D eigenvalue weighted by Gasteiger charge is -2.31. The Kier molecular flexibility index (Phi) is 4.80. The Labute approximate surface area is 140 Å². The molecule has 2 aliphatic carbocycles. The van der Waals surface area contributed by atoms with Gasteiger partial charge in [-0.15, -0.1) is 0 Å². The minimum Gasteiger partial charge on any atom is -0.360 e. The van der Waals surface area contributed by atoms with Gasteiger partial charge >= 0.3 is 6.18 Å². The number of fused-ring (bicyclic) bond motifs is 2. The predicted molar refractivity (Wildman–Crippen MR) is 87.9 cm³/mol. The minimum atomic E-state index is -4.27. The highest BCUT2D eigenvalue weighted by Gasteiger charge is 2.40. The quantitative estimate of drug-likeness (QED) is 0.829. The van der Waals surface area contributed by atoms with Crippen molar-refractivity contribution in [3.8, 4) is 0 Å². The van der Waals surface area contributed by atoms with Gasteiger partial charge in [-0.2, -0.15) is 13.2 Å². The maximum Gasteiger partial charge on any atom is 0.406 e. The Morgan fingerprint density at radius 1 is 1.17 bits per heavy atom. The molecule has 1 aromatic carbocycles. The highest BCUT2D eigenvalue weighted by atomic mass is 32.1. The van der Waals surface area contributed by atoms with E-state index in [1.165, 1.54) is 24.2 Å². The Bertz CT molecular complexity index is 547. The second-order valence-electron chi connectivity index (χ2n) is 6.69. The monoisotopic (exact) mass is 342 g/mol. The van der Waals surface area contributed by atoms with Gasteiger partial charge in [0, 0.05) is 12.6 Å².